The molecule has 4 nitrogen and oxygen atoms in total. The Kier molecular flexibility index (Phi) is 1.73. The van der Waals surface area contributed by atoms with Gasteiger partial charge in [-0.15, -0.1) is 0 Å². The SMILES string of the molecule is Cn1c(NC2CC2N)nc2ccccc21. The molecule has 1 aliphatic carbocycles. The summed E-state index contributed by atoms with van der Waals surface area (Å²) in [6.07, 6.45) is 1.04. The first-order valence-electron chi connectivity index (χ1n) is 5.19. The van der Waals surface area contributed by atoms with Crippen molar-refractivity contribution < 1.29 is 0 Å². The minimum absolute atomic E-state index is 0.296. The molecule has 3 N–H and O–H groups in total. The van der Waals surface area contributed by atoms with Crippen LogP contribution in [0, 0.1) is 0 Å². The lowest BCUT2D eigenvalue weighted by molar-refractivity contribution is 0.909. The van der Waals surface area contributed by atoms with Gasteiger partial charge in [0.1, 0.15) is 0 Å². The van der Waals surface area contributed by atoms with Gasteiger partial charge >= 0.3 is 0 Å². The lowest BCUT2D eigenvalue weighted by atomic mass is 10.3. The third kappa shape index (κ3) is 1.37. The summed E-state index contributed by atoms with van der Waals surface area (Å²) in [5.41, 5.74) is 7.93. The fraction of sp³-hybridized carbons (Fsp3) is 0.364. The van der Waals surface area contributed by atoms with Crippen LogP contribution in [0.15, 0.2) is 24.3 Å². The number of nitrogens with zero attached hydrogens (tertiary/aromatic N) is 2. The summed E-state index contributed by atoms with van der Waals surface area (Å²) in [5, 5.41) is 3.35. The number of benzene rings is 1. The van der Waals surface area contributed by atoms with Gasteiger partial charge in [-0.3, -0.25) is 0 Å². The smallest absolute Gasteiger partial charge is 0.203 e. The maximum atomic E-state index is 5.76. The van der Waals surface area contributed by atoms with Gasteiger partial charge in [0.2, 0.25) is 5.95 Å². The van der Waals surface area contributed by atoms with Crippen molar-refractivity contribution >= 4 is 17.0 Å². The quantitative estimate of drug-likeness (QED) is 0.766. The third-order valence-corrected chi connectivity index (χ3v) is 2.94. The van der Waals surface area contributed by atoms with Crippen LogP contribution in [0.2, 0.25) is 0 Å². The lowest BCUT2D eigenvalue weighted by Gasteiger charge is -2.03. The number of aryl methyl sites for hydroxylation is 1. The Bertz CT molecular complexity index is 502. The molecule has 0 amide bonds. The van der Waals surface area contributed by atoms with Crippen LogP contribution in [0.3, 0.4) is 0 Å². The van der Waals surface area contributed by atoms with Gasteiger partial charge in [-0.05, 0) is 18.6 Å². The standard InChI is InChI=1S/C11H14N4/c1-15-10-5-3-2-4-8(10)13-11(15)14-9-6-7(9)12/h2-5,7,9H,6,12H2,1H3,(H,13,14). The molecule has 0 bridgehead atoms. The largest absolute Gasteiger partial charge is 0.351 e. The van der Waals surface area contributed by atoms with E-state index in [0.717, 1.165) is 23.4 Å². The molecule has 2 unspecified atom stereocenters. The topological polar surface area (TPSA) is 55.9 Å². The number of aromatic nitrogens is 2. The number of imidazole rings is 1. The van der Waals surface area contributed by atoms with Gasteiger partial charge in [0.15, 0.2) is 0 Å². The highest BCUT2D eigenvalue weighted by Crippen LogP contribution is 2.25. The molecule has 0 radical (unpaired) electrons. The summed E-state index contributed by atoms with van der Waals surface area (Å²) in [6, 6.07) is 8.82. The minimum Gasteiger partial charge on any atom is -0.351 e. The maximum Gasteiger partial charge on any atom is 0.203 e. The molecule has 15 heavy (non-hydrogen) atoms. The number of rotatable bonds is 2. The van der Waals surface area contributed by atoms with E-state index >= 15 is 0 Å². The maximum absolute atomic E-state index is 5.76. The van der Waals surface area contributed by atoms with Crippen LogP contribution < -0.4 is 11.1 Å². The number of anilines is 1. The van der Waals surface area contributed by atoms with Crippen LogP contribution in [0.5, 0.6) is 0 Å². The first-order chi connectivity index (χ1) is 7.25. The molecular weight excluding hydrogens is 188 g/mol. The van der Waals surface area contributed by atoms with Gasteiger partial charge in [0.05, 0.1) is 11.0 Å². The molecule has 2 atom stereocenters. The molecule has 1 heterocycles. The summed E-state index contributed by atoms with van der Waals surface area (Å²) in [6.45, 7) is 0. The van der Waals surface area contributed by atoms with Crippen LogP contribution in [0.4, 0.5) is 5.95 Å². The number of hydrogen-bond acceptors (Lipinski definition) is 3. The van der Waals surface area contributed by atoms with Crippen LogP contribution in [-0.2, 0) is 7.05 Å². The van der Waals surface area contributed by atoms with Crippen LogP contribution in [-0.4, -0.2) is 21.6 Å². The number of para-hydroxylation sites is 2. The number of nitrogens with two attached hydrogens (primary N) is 1. The molecule has 1 fully saturated rings. The molecule has 0 aliphatic heterocycles. The molecule has 1 aromatic carbocycles. The average Bonchev–Trinajstić information content (AvgIpc) is 2.83. The zero-order valence-corrected chi connectivity index (χ0v) is 8.64. The summed E-state index contributed by atoms with van der Waals surface area (Å²) in [7, 11) is 2.02. The van der Waals surface area contributed by atoms with Crippen molar-refractivity contribution in [1.29, 1.82) is 0 Å². The van der Waals surface area contributed by atoms with Crippen molar-refractivity contribution in [1.82, 2.24) is 9.55 Å². The Hall–Kier alpha value is -1.55. The number of fused-ring (bicyclic) bond motifs is 1. The normalized spacial score (nSPS) is 24.4. The van der Waals surface area contributed by atoms with Crippen molar-refractivity contribution in [3.63, 3.8) is 0 Å². The van der Waals surface area contributed by atoms with Crippen LogP contribution in [0.1, 0.15) is 6.42 Å². The molecule has 1 saturated carbocycles. The van der Waals surface area contributed by atoms with E-state index in [1.165, 1.54) is 0 Å². The number of nitrogens with one attached hydrogen (secondary N) is 1. The highest BCUT2D eigenvalue weighted by Gasteiger charge is 2.34. The highest BCUT2D eigenvalue weighted by atomic mass is 15.2. The Morgan fingerprint density at radius 3 is 2.87 bits per heavy atom. The van der Waals surface area contributed by atoms with E-state index in [4.69, 9.17) is 5.73 Å². The van der Waals surface area contributed by atoms with Gasteiger partial charge in [-0.2, -0.15) is 0 Å². The highest BCUT2D eigenvalue weighted by molar-refractivity contribution is 5.78. The van der Waals surface area contributed by atoms with Gasteiger partial charge in [0.25, 0.3) is 0 Å². The summed E-state index contributed by atoms with van der Waals surface area (Å²) < 4.78 is 2.07. The van der Waals surface area contributed by atoms with Crippen LogP contribution in [0.25, 0.3) is 11.0 Å². The molecular formula is C11H14N4. The summed E-state index contributed by atoms with van der Waals surface area (Å²) in [5.74, 6) is 0.911. The first kappa shape index (κ1) is 8.73. The molecule has 2 aromatic rings. The van der Waals surface area contributed by atoms with E-state index in [-0.39, 0.29) is 0 Å². The second-order valence-electron chi connectivity index (χ2n) is 4.13. The Morgan fingerprint density at radius 2 is 2.20 bits per heavy atom. The van der Waals surface area contributed by atoms with Crippen molar-refractivity contribution in [3.8, 4) is 0 Å². The van der Waals surface area contributed by atoms with Crippen molar-refractivity contribution in [2.75, 3.05) is 5.32 Å². The molecule has 1 aliphatic rings. The van der Waals surface area contributed by atoms with E-state index < -0.39 is 0 Å². The fourth-order valence-electron chi connectivity index (χ4n) is 1.82. The Morgan fingerprint density at radius 1 is 1.47 bits per heavy atom. The molecule has 0 saturated heterocycles. The summed E-state index contributed by atoms with van der Waals surface area (Å²) in [4.78, 5) is 4.52. The Labute approximate surface area is 88.1 Å². The van der Waals surface area contributed by atoms with Crippen molar-refractivity contribution in [2.45, 2.75) is 18.5 Å². The molecule has 0 spiro atoms. The fourth-order valence-corrected chi connectivity index (χ4v) is 1.82. The minimum atomic E-state index is 0.296. The predicted molar refractivity (Wildman–Crippen MR) is 60.7 cm³/mol. The Balaban J connectivity index is 2.00. The van der Waals surface area contributed by atoms with E-state index in [1.807, 2.05) is 25.2 Å². The third-order valence-electron chi connectivity index (χ3n) is 2.94. The molecule has 4 heteroatoms. The molecule has 1 aromatic heterocycles. The van der Waals surface area contributed by atoms with Crippen molar-refractivity contribution in [2.24, 2.45) is 12.8 Å². The van der Waals surface area contributed by atoms with E-state index in [0.29, 0.717) is 12.1 Å². The van der Waals surface area contributed by atoms with E-state index in [1.54, 1.807) is 0 Å². The molecule has 78 valence electrons. The predicted octanol–water partition coefficient (Wildman–Crippen LogP) is 1.08. The van der Waals surface area contributed by atoms with Gasteiger partial charge in [-0.1, -0.05) is 12.1 Å². The van der Waals surface area contributed by atoms with Crippen molar-refractivity contribution in [3.05, 3.63) is 24.3 Å². The lowest BCUT2D eigenvalue weighted by Crippen LogP contribution is -2.15. The molecule has 3 rings (SSSR count). The van der Waals surface area contributed by atoms with Gasteiger partial charge < -0.3 is 15.6 Å². The zero-order chi connectivity index (χ0) is 10.4. The van der Waals surface area contributed by atoms with Crippen LogP contribution >= 0.6 is 0 Å². The zero-order valence-electron chi connectivity index (χ0n) is 8.64. The number of hydrogen-bond donors (Lipinski definition) is 2. The summed E-state index contributed by atoms with van der Waals surface area (Å²) >= 11 is 0. The second kappa shape index (κ2) is 2.97. The first-order valence-corrected chi connectivity index (χ1v) is 5.19. The van der Waals surface area contributed by atoms with Gasteiger partial charge in [0, 0.05) is 19.1 Å². The van der Waals surface area contributed by atoms with Gasteiger partial charge in [-0.25, -0.2) is 4.98 Å². The average molecular weight is 202 g/mol. The monoisotopic (exact) mass is 202 g/mol. The second-order valence-corrected chi connectivity index (χ2v) is 4.13. The van der Waals surface area contributed by atoms with E-state index in [2.05, 4.69) is 20.9 Å². The van der Waals surface area contributed by atoms with E-state index in [9.17, 15) is 0 Å².